The zero-order valence-electron chi connectivity index (χ0n) is 10.7. The SMILES string of the molecule is C=C/C=C(\C=C)COCC(=O)NCCCCC. The van der Waals surface area contributed by atoms with Crippen LogP contribution in [0.25, 0.3) is 0 Å². The average Bonchev–Trinajstić information content (AvgIpc) is 2.33. The Labute approximate surface area is 104 Å². The molecule has 0 rings (SSSR count). The fourth-order valence-electron chi connectivity index (χ4n) is 1.24. The second kappa shape index (κ2) is 11.1. The first-order valence-corrected chi connectivity index (χ1v) is 6.03. The summed E-state index contributed by atoms with van der Waals surface area (Å²) in [5.41, 5.74) is 0.916. The summed E-state index contributed by atoms with van der Waals surface area (Å²) in [6, 6.07) is 0. The third-order valence-electron chi connectivity index (χ3n) is 2.20. The molecule has 0 aromatic heterocycles. The van der Waals surface area contributed by atoms with Gasteiger partial charge in [0, 0.05) is 6.54 Å². The van der Waals surface area contributed by atoms with Gasteiger partial charge in [0.25, 0.3) is 0 Å². The molecule has 0 spiro atoms. The van der Waals surface area contributed by atoms with Crippen molar-refractivity contribution in [2.75, 3.05) is 19.8 Å². The fraction of sp³-hybridized carbons (Fsp3) is 0.500. The lowest BCUT2D eigenvalue weighted by molar-refractivity contribution is -0.125. The summed E-state index contributed by atoms with van der Waals surface area (Å²) in [6.07, 6.45) is 8.50. The van der Waals surface area contributed by atoms with Gasteiger partial charge in [-0.15, -0.1) is 0 Å². The Hall–Kier alpha value is -1.35. The van der Waals surface area contributed by atoms with E-state index in [0.29, 0.717) is 6.61 Å². The van der Waals surface area contributed by atoms with Crippen molar-refractivity contribution >= 4 is 5.91 Å². The Kier molecular flexibility index (Phi) is 10.3. The van der Waals surface area contributed by atoms with Crippen molar-refractivity contribution in [3.63, 3.8) is 0 Å². The van der Waals surface area contributed by atoms with Gasteiger partial charge in [-0.05, 0) is 12.0 Å². The molecular weight excluding hydrogens is 214 g/mol. The van der Waals surface area contributed by atoms with Gasteiger partial charge in [-0.25, -0.2) is 0 Å². The van der Waals surface area contributed by atoms with Crippen LogP contribution in [0.2, 0.25) is 0 Å². The van der Waals surface area contributed by atoms with Crippen molar-refractivity contribution < 1.29 is 9.53 Å². The maximum absolute atomic E-state index is 11.3. The summed E-state index contributed by atoms with van der Waals surface area (Å²) in [6.45, 7) is 10.6. The molecule has 3 heteroatoms. The molecule has 1 N–H and O–H groups in total. The first-order chi connectivity index (χ1) is 8.24. The van der Waals surface area contributed by atoms with E-state index >= 15 is 0 Å². The lowest BCUT2D eigenvalue weighted by atomic mass is 10.2. The second-order valence-corrected chi connectivity index (χ2v) is 3.73. The molecule has 1 amide bonds. The van der Waals surface area contributed by atoms with Gasteiger partial charge >= 0.3 is 0 Å². The number of hydrogen-bond acceptors (Lipinski definition) is 2. The number of ether oxygens (including phenoxy) is 1. The molecule has 0 radical (unpaired) electrons. The van der Waals surface area contributed by atoms with Crippen molar-refractivity contribution in [2.24, 2.45) is 0 Å². The van der Waals surface area contributed by atoms with E-state index in [2.05, 4.69) is 25.4 Å². The van der Waals surface area contributed by atoms with Gasteiger partial charge in [-0.2, -0.15) is 0 Å². The summed E-state index contributed by atoms with van der Waals surface area (Å²) < 4.78 is 5.26. The van der Waals surface area contributed by atoms with Crippen LogP contribution in [0.15, 0.2) is 37.0 Å². The van der Waals surface area contributed by atoms with E-state index < -0.39 is 0 Å². The molecule has 0 aliphatic heterocycles. The van der Waals surface area contributed by atoms with Crippen LogP contribution in [-0.4, -0.2) is 25.7 Å². The first kappa shape index (κ1) is 15.7. The highest BCUT2D eigenvalue weighted by Gasteiger charge is 2.00. The predicted molar refractivity (Wildman–Crippen MR) is 71.8 cm³/mol. The smallest absolute Gasteiger partial charge is 0.246 e. The molecule has 3 nitrogen and oxygen atoms in total. The molecule has 0 heterocycles. The Morgan fingerprint density at radius 2 is 2.06 bits per heavy atom. The number of carbonyl (C=O) groups excluding carboxylic acids is 1. The number of hydrogen-bond donors (Lipinski definition) is 1. The molecule has 0 unspecified atom stereocenters. The average molecular weight is 237 g/mol. The number of carbonyl (C=O) groups is 1. The molecule has 0 aromatic rings. The zero-order chi connectivity index (χ0) is 12.9. The summed E-state index contributed by atoms with van der Waals surface area (Å²) in [4.78, 5) is 11.3. The molecule has 0 aliphatic rings. The van der Waals surface area contributed by atoms with Crippen LogP contribution in [0.5, 0.6) is 0 Å². The van der Waals surface area contributed by atoms with E-state index in [0.717, 1.165) is 31.4 Å². The van der Waals surface area contributed by atoms with Crippen molar-refractivity contribution in [2.45, 2.75) is 26.2 Å². The van der Waals surface area contributed by atoms with Crippen molar-refractivity contribution in [1.29, 1.82) is 0 Å². The number of allylic oxidation sites excluding steroid dienone is 2. The van der Waals surface area contributed by atoms with Crippen LogP contribution < -0.4 is 5.32 Å². The highest BCUT2D eigenvalue weighted by Crippen LogP contribution is 1.97. The Morgan fingerprint density at radius 1 is 1.29 bits per heavy atom. The second-order valence-electron chi connectivity index (χ2n) is 3.73. The van der Waals surface area contributed by atoms with Crippen LogP contribution in [-0.2, 0) is 9.53 Å². The Balaban J connectivity index is 3.59. The van der Waals surface area contributed by atoms with E-state index in [1.165, 1.54) is 0 Å². The Bertz CT molecular complexity index is 269. The normalized spacial score (nSPS) is 11.0. The lowest BCUT2D eigenvalue weighted by Crippen LogP contribution is -2.28. The van der Waals surface area contributed by atoms with Crippen LogP contribution >= 0.6 is 0 Å². The zero-order valence-corrected chi connectivity index (χ0v) is 10.7. The van der Waals surface area contributed by atoms with Gasteiger partial charge in [0.15, 0.2) is 0 Å². The largest absolute Gasteiger partial charge is 0.367 e. The van der Waals surface area contributed by atoms with E-state index in [1.807, 2.05) is 6.08 Å². The minimum atomic E-state index is -0.0666. The molecule has 0 aliphatic carbocycles. The summed E-state index contributed by atoms with van der Waals surface area (Å²) in [7, 11) is 0. The molecule has 17 heavy (non-hydrogen) atoms. The molecule has 0 saturated carbocycles. The fourth-order valence-corrected chi connectivity index (χ4v) is 1.24. The summed E-state index contributed by atoms with van der Waals surface area (Å²) >= 11 is 0. The van der Waals surface area contributed by atoms with E-state index in [9.17, 15) is 4.79 Å². The monoisotopic (exact) mass is 237 g/mol. The first-order valence-electron chi connectivity index (χ1n) is 6.03. The number of unbranched alkanes of at least 4 members (excludes halogenated alkanes) is 2. The minimum absolute atomic E-state index is 0.0666. The summed E-state index contributed by atoms with van der Waals surface area (Å²) in [5, 5.41) is 2.81. The maximum Gasteiger partial charge on any atom is 0.246 e. The Morgan fingerprint density at radius 3 is 2.65 bits per heavy atom. The summed E-state index contributed by atoms with van der Waals surface area (Å²) in [5.74, 6) is -0.0666. The van der Waals surface area contributed by atoms with E-state index in [-0.39, 0.29) is 12.5 Å². The number of nitrogens with one attached hydrogen (secondary N) is 1. The highest BCUT2D eigenvalue weighted by atomic mass is 16.5. The van der Waals surface area contributed by atoms with Gasteiger partial charge < -0.3 is 10.1 Å². The standard InChI is InChI=1S/C14H23NO2/c1-4-7-8-10-15-14(16)12-17-11-13(6-3)9-5-2/h5-6,9H,2-4,7-8,10-12H2,1H3,(H,15,16)/b13-9+. The maximum atomic E-state index is 11.3. The molecule has 96 valence electrons. The predicted octanol–water partition coefficient (Wildman–Crippen LogP) is 2.61. The van der Waals surface area contributed by atoms with Crippen LogP contribution in [0.1, 0.15) is 26.2 Å². The van der Waals surface area contributed by atoms with Gasteiger partial charge in [-0.3, -0.25) is 4.79 Å². The third kappa shape index (κ3) is 9.57. The number of amides is 1. The molecule has 0 atom stereocenters. The quantitative estimate of drug-likeness (QED) is 0.468. The lowest BCUT2D eigenvalue weighted by Gasteiger charge is -2.06. The van der Waals surface area contributed by atoms with Gasteiger partial charge in [0.05, 0.1) is 6.61 Å². The van der Waals surface area contributed by atoms with E-state index in [4.69, 9.17) is 4.74 Å². The minimum Gasteiger partial charge on any atom is -0.367 e. The molecule has 0 bridgehead atoms. The van der Waals surface area contributed by atoms with Gasteiger partial charge in [0.2, 0.25) is 5.91 Å². The number of rotatable bonds is 10. The van der Waals surface area contributed by atoms with Crippen LogP contribution in [0.3, 0.4) is 0 Å². The van der Waals surface area contributed by atoms with Crippen molar-refractivity contribution in [3.8, 4) is 0 Å². The van der Waals surface area contributed by atoms with E-state index in [1.54, 1.807) is 12.2 Å². The van der Waals surface area contributed by atoms with Crippen molar-refractivity contribution in [1.82, 2.24) is 5.32 Å². The van der Waals surface area contributed by atoms with Crippen LogP contribution in [0.4, 0.5) is 0 Å². The highest BCUT2D eigenvalue weighted by molar-refractivity contribution is 5.77. The molecule has 0 saturated heterocycles. The molecule has 0 aromatic carbocycles. The van der Waals surface area contributed by atoms with Gasteiger partial charge in [0.1, 0.15) is 6.61 Å². The molecular formula is C14H23NO2. The van der Waals surface area contributed by atoms with Crippen molar-refractivity contribution in [3.05, 3.63) is 37.0 Å². The van der Waals surface area contributed by atoms with Gasteiger partial charge in [-0.1, -0.05) is 51.2 Å². The molecule has 0 fully saturated rings. The third-order valence-corrected chi connectivity index (χ3v) is 2.20. The topological polar surface area (TPSA) is 38.3 Å². The van der Waals surface area contributed by atoms with Crippen LogP contribution in [0, 0.1) is 0 Å².